The summed E-state index contributed by atoms with van der Waals surface area (Å²) in [6, 6.07) is 5.52. The van der Waals surface area contributed by atoms with Crippen molar-refractivity contribution in [3.05, 3.63) is 33.1 Å². The third-order valence-electron chi connectivity index (χ3n) is 2.16. The molecule has 0 N–H and O–H groups in total. The summed E-state index contributed by atoms with van der Waals surface area (Å²) in [4.78, 5) is 11.5. The maximum absolute atomic E-state index is 11.5. The molecule has 1 aromatic heterocycles. The molecule has 0 saturated heterocycles. The number of halogens is 1. The van der Waals surface area contributed by atoms with Gasteiger partial charge in [-0.15, -0.1) is 0 Å². The molecule has 0 aliphatic carbocycles. The van der Waals surface area contributed by atoms with E-state index < -0.39 is 0 Å². The SMILES string of the molecule is COC(=O)c1ccc(I)c2cc(C)oc12. The second-order valence-corrected chi connectivity index (χ2v) is 4.35. The first-order valence-electron chi connectivity index (χ1n) is 4.40. The molecule has 78 valence electrons. The summed E-state index contributed by atoms with van der Waals surface area (Å²) < 4.78 is 11.3. The topological polar surface area (TPSA) is 39.4 Å². The molecule has 0 radical (unpaired) electrons. The molecular formula is C11H9IO3. The summed E-state index contributed by atoms with van der Waals surface area (Å²) in [5.41, 5.74) is 1.08. The Kier molecular flexibility index (Phi) is 2.68. The summed E-state index contributed by atoms with van der Waals surface area (Å²) in [7, 11) is 1.36. The summed E-state index contributed by atoms with van der Waals surface area (Å²) in [5, 5.41) is 0.955. The fourth-order valence-corrected chi connectivity index (χ4v) is 2.06. The first-order chi connectivity index (χ1) is 7.13. The molecule has 2 rings (SSSR count). The van der Waals surface area contributed by atoms with E-state index in [4.69, 9.17) is 9.15 Å². The van der Waals surface area contributed by atoms with Gasteiger partial charge in [-0.3, -0.25) is 0 Å². The molecule has 0 bridgehead atoms. The number of rotatable bonds is 1. The third kappa shape index (κ3) is 1.73. The van der Waals surface area contributed by atoms with E-state index in [1.54, 1.807) is 6.07 Å². The van der Waals surface area contributed by atoms with Gasteiger partial charge in [0, 0.05) is 8.96 Å². The minimum absolute atomic E-state index is 0.370. The lowest BCUT2D eigenvalue weighted by atomic mass is 10.1. The number of aryl methyl sites for hydroxylation is 1. The van der Waals surface area contributed by atoms with Crippen LogP contribution in [0.4, 0.5) is 0 Å². The maximum Gasteiger partial charge on any atom is 0.341 e. The summed E-state index contributed by atoms with van der Waals surface area (Å²) in [5.74, 6) is 0.421. The van der Waals surface area contributed by atoms with Crippen LogP contribution in [0, 0.1) is 10.5 Å². The second-order valence-electron chi connectivity index (χ2n) is 3.19. The van der Waals surface area contributed by atoms with Gasteiger partial charge in [0.25, 0.3) is 0 Å². The molecule has 15 heavy (non-hydrogen) atoms. The highest BCUT2D eigenvalue weighted by molar-refractivity contribution is 14.1. The molecule has 3 nitrogen and oxygen atoms in total. The Morgan fingerprint density at radius 1 is 1.47 bits per heavy atom. The van der Waals surface area contributed by atoms with Gasteiger partial charge in [-0.1, -0.05) is 0 Å². The highest BCUT2D eigenvalue weighted by atomic mass is 127. The van der Waals surface area contributed by atoms with Crippen molar-refractivity contribution < 1.29 is 13.9 Å². The molecular weight excluding hydrogens is 307 g/mol. The van der Waals surface area contributed by atoms with Gasteiger partial charge < -0.3 is 9.15 Å². The van der Waals surface area contributed by atoms with Crippen molar-refractivity contribution in [1.29, 1.82) is 0 Å². The second kappa shape index (κ2) is 3.84. The van der Waals surface area contributed by atoms with E-state index >= 15 is 0 Å². The van der Waals surface area contributed by atoms with Gasteiger partial charge in [-0.2, -0.15) is 0 Å². The minimum Gasteiger partial charge on any atom is -0.465 e. The van der Waals surface area contributed by atoms with Crippen LogP contribution in [-0.2, 0) is 4.74 Å². The number of fused-ring (bicyclic) bond motifs is 1. The lowest BCUT2D eigenvalue weighted by Gasteiger charge is -2.00. The van der Waals surface area contributed by atoms with Crippen molar-refractivity contribution in [3.63, 3.8) is 0 Å². The van der Waals surface area contributed by atoms with Gasteiger partial charge in [0.2, 0.25) is 0 Å². The van der Waals surface area contributed by atoms with E-state index in [0.717, 1.165) is 14.7 Å². The average Bonchev–Trinajstić information content (AvgIpc) is 2.60. The standard InChI is InChI=1S/C11H9IO3/c1-6-5-8-9(12)4-3-7(10(8)15-6)11(13)14-2/h3-5H,1-2H3. The number of carbonyl (C=O) groups is 1. The zero-order chi connectivity index (χ0) is 11.0. The Morgan fingerprint density at radius 2 is 2.20 bits per heavy atom. The number of methoxy groups -OCH3 is 1. The van der Waals surface area contributed by atoms with E-state index in [0.29, 0.717) is 11.1 Å². The Bertz CT molecular complexity index is 528. The van der Waals surface area contributed by atoms with Crippen LogP contribution < -0.4 is 0 Å². The molecule has 0 atom stereocenters. The summed E-state index contributed by atoms with van der Waals surface area (Å²) in [6.07, 6.45) is 0. The summed E-state index contributed by atoms with van der Waals surface area (Å²) in [6.45, 7) is 1.86. The fourth-order valence-electron chi connectivity index (χ4n) is 1.48. The normalized spacial score (nSPS) is 10.6. The van der Waals surface area contributed by atoms with Crippen molar-refractivity contribution in [2.24, 2.45) is 0 Å². The van der Waals surface area contributed by atoms with Crippen LogP contribution in [0.5, 0.6) is 0 Å². The molecule has 0 aliphatic rings. The Morgan fingerprint density at radius 3 is 2.87 bits per heavy atom. The lowest BCUT2D eigenvalue weighted by Crippen LogP contribution is -2.01. The van der Waals surface area contributed by atoms with Crippen molar-refractivity contribution in [2.75, 3.05) is 7.11 Å². The van der Waals surface area contributed by atoms with Gasteiger partial charge in [0.05, 0.1) is 7.11 Å². The van der Waals surface area contributed by atoms with Crippen LogP contribution in [0.25, 0.3) is 11.0 Å². The monoisotopic (exact) mass is 316 g/mol. The van der Waals surface area contributed by atoms with Gasteiger partial charge in [0.15, 0.2) is 0 Å². The number of ether oxygens (including phenoxy) is 1. The number of furan rings is 1. The van der Waals surface area contributed by atoms with E-state index in [1.165, 1.54) is 7.11 Å². The van der Waals surface area contributed by atoms with Crippen LogP contribution in [0.3, 0.4) is 0 Å². The molecule has 0 aliphatic heterocycles. The van der Waals surface area contributed by atoms with Crippen molar-refractivity contribution >= 4 is 39.5 Å². The van der Waals surface area contributed by atoms with Crippen LogP contribution in [0.15, 0.2) is 22.6 Å². The van der Waals surface area contributed by atoms with Gasteiger partial charge in [-0.05, 0) is 47.7 Å². The fraction of sp³-hybridized carbons (Fsp3) is 0.182. The van der Waals surface area contributed by atoms with Gasteiger partial charge in [-0.25, -0.2) is 4.79 Å². The predicted molar refractivity (Wildman–Crippen MR) is 65.0 cm³/mol. The molecule has 0 unspecified atom stereocenters. The quantitative estimate of drug-likeness (QED) is 0.599. The first kappa shape index (κ1) is 10.5. The average molecular weight is 316 g/mol. The Labute approximate surface area is 101 Å². The highest BCUT2D eigenvalue weighted by Gasteiger charge is 2.15. The number of esters is 1. The molecule has 0 fully saturated rings. The molecule has 0 amide bonds. The molecule has 1 heterocycles. The molecule has 4 heteroatoms. The highest BCUT2D eigenvalue weighted by Crippen LogP contribution is 2.27. The van der Waals surface area contributed by atoms with Crippen LogP contribution >= 0.6 is 22.6 Å². The smallest absolute Gasteiger partial charge is 0.341 e. The zero-order valence-electron chi connectivity index (χ0n) is 8.33. The predicted octanol–water partition coefficient (Wildman–Crippen LogP) is 3.13. The number of benzene rings is 1. The first-order valence-corrected chi connectivity index (χ1v) is 5.48. The van der Waals surface area contributed by atoms with Crippen LogP contribution in [0.2, 0.25) is 0 Å². The van der Waals surface area contributed by atoms with Crippen molar-refractivity contribution in [3.8, 4) is 0 Å². The van der Waals surface area contributed by atoms with E-state index in [9.17, 15) is 4.79 Å². The van der Waals surface area contributed by atoms with E-state index in [1.807, 2.05) is 19.1 Å². The van der Waals surface area contributed by atoms with Crippen LogP contribution in [0.1, 0.15) is 16.1 Å². The minimum atomic E-state index is -0.370. The van der Waals surface area contributed by atoms with Crippen molar-refractivity contribution in [1.82, 2.24) is 0 Å². The van der Waals surface area contributed by atoms with E-state index in [2.05, 4.69) is 22.6 Å². The number of carbonyl (C=O) groups excluding carboxylic acids is 1. The largest absolute Gasteiger partial charge is 0.465 e. The van der Waals surface area contributed by atoms with Gasteiger partial charge in [0.1, 0.15) is 16.9 Å². The molecule has 0 spiro atoms. The van der Waals surface area contributed by atoms with Gasteiger partial charge >= 0.3 is 5.97 Å². The number of hydrogen-bond donors (Lipinski definition) is 0. The molecule has 2 aromatic rings. The van der Waals surface area contributed by atoms with Crippen LogP contribution in [-0.4, -0.2) is 13.1 Å². The maximum atomic E-state index is 11.5. The lowest BCUT2D eigenvalue weighted by molar-refractivity contribution is 0.0601. The van der Waals surface area contributed by atoms with E-state index in [-0.39, 0.29) is 5.97 Å². The molecule has 0 saturated carbocycles. The zero-order valence-corrected chi connectivity index (χ0v) is 10.5. The Hall–Kier alpha value is -1.04. The number of hydrogen-bond acceptors (Lipinski definition) is 3. The Balaban J connectivity index is 2.76. The summed E-state index contributed by atoms with van der Waals surface area (Å²) >= 11 is 2.21. The van der Waals surface area contributed by atoms with Crippen molar-refractivity contribution in [2.45, 2.75) is 6.92 Å². The third-order valence-corrected chi connectivity index (χ3v) is 3.10. The molecule has 1 aromatic carbocycles.